The van der Waals surface area contributed by atoms with Gasteiger partial charge < -0.3 is 0 Å². The average molecular weight is 286 g/mol. The van der Waals surface area contributed by atoms with Gasteiger partial charge in [0.15, 0.2) is 0 Å². The van der Waals surface area contributed by atoms with Crippen molar-refractivity contribution >= 4 is 34.2 Å². The van der Waals surface area contributed by atoms with Gasteiger partial charge >= 0.3 is 0 Å². The molecule has 2 aromatic heterocycles. The Morgan fingerprint density at radius 3 is 1.63 bits per heavy atom. The van der Waals surface area contributed by atoms with E-state index in [1.54, 1.807) is 35.0 Å². The van der Waals surface area contributed by atoms with E-state index in [2.05, 4.69) is 0 Å². The molecular formula is C13H6N2O2S2. The molecule has 0 aliphatic carbocycles. The molecule has 0 bridgehead atoms. The van der Waals surface area contributed by atoms with Gasteiger partial charge in [-0.05, 0) is 22.9 Å². The van der Waals surface area contributed by atoms with Crippen LogP contribution in [0.2, 0.25) is 0 Å². The van der Waals surface area contributed by atoms with Crippen LogP contribution >= 0.6 is 22.7 Å². The lowest BCUT2D eigenvalue weighted by atomic mass is 9.81. The van der Waals surface area contributed by atoms with Gasteiger partial charge in [0.1, 0.15) is 12.1 Å². The minimum absolute atomic E-state index is 0.230. The van der Waals surface area contributed by atoms with Crippen LogP contribution in [-0.2, 0) is 0 Å². The van der Waals surface area contributed by atoms with E-state index in [-0.39, 0.29) is 9.75 Å². The number of hydrogen-bond donors (Lipinski definition) is 0. The van der Waals surface area contributed by atoms with E-state index in [1.807, 2.05) is 0 Å². The summed E-state index contributed by atoms with van der Waals surface area (Å²) in [7, 11) is 0. The monoisotopic (exact) mass is 286 g/mol. The molecule has 0 amide bonds. The van der Waals surface area contributed by atoms with Crippen molar-refractivity contribution in [2.75, 3.05) is 0 Å². The van der Waals surface area contributed by atoms with Crippen molar-refractivity contribution in [3.05, 3.63) is 44.8 Å². The predicted octanol–water partition coefficient (Wildman–Crippen LogP) is 2.91. The Bertz CT molecular complexity index is 626. The van der Waals surface area contributed by atoms with Crippen molar-refractivity contribution < 1.29 is 9.59 Å². The van der Waals surface area contributed by atoms with Crippen LogP contribution in [0.5, 0.6) is 0 Å². The molecule has 19 heavy (non-hydrogen) atoms. The maximum atomic E-state index is 12.3. The molecule has 6 heteroatoms. The van der Waals surface area contributed by atoms with Crippen molar-refractivity contribution in [2.24, 2.45) is 5.41 Å². The van der Waals surface area contributed by atoms with Crippen LogP contribution in [0.3, 0.4) is 0 Å². The number of thiophene rings is 2. The molecular weight excluding hydrogens is 280 g/mol. The average Bonchev–Trinajstić information content (AvgIpc) is 3.13. The quantitative estimate of drug-likeness (QED) is 0.639. The summed E-state index contributed by atoms with van der Waals surface area (Å²) in [4.78, 5) is 25.0. The lowest BCUT2D eigenvalue weighted by Crippen LogP contribution is -2.36. The number of nitrogens with zero attached hydrogens (tertiary/aromatic N) is 2. The molecule has 2 aromatic rings. The lowest BCUT2D eigenvalue weighted by Gasteiger charge is -2.13. The third kappa shape index (κ3) is 2.08. The number of hydrogen-bond acceptors (Lipinski definition) is 6. The van der Waals surface area contributed by atoms with Gasteiger partial charge in [0.2, 0.25) is 11.6 Å². The van der Waals surface area contributed by atoms with Gasteiger partial charge in [-0.1, -0.05) is 12.1 Å². The number of carbonyl (C=O) groups excluding carboxylic acids is 2. The van der Waals surface area contributed by atoms with Crippen LogP contribution in [-0.4, -0.2) is 11.6 Å². The van der Waals surface area contributed by atoms with E-state index >= 15 is 0 Å². The second-order valence-electron chi connectivity index (χ2n) is 3.59. The molecule has 0 aliphatic heterocycles. The zero-order valence-corrected chi connectivity index (χ0v) is 11.1. The highest BCUT2D eigenvalue weighted by molar-refractivity contribution is 7.13. The van der Waals surface area contributed by atoms with Gasteiger partial charge in [0.05, 0.1) is 9.75 Å². The minimum atomic E-state index is -2.30. The Kier molecular flexibility index (Phi) is 3.57. The summed E-state index contributed by atoms with van der Waals surface area (Å²) in [5.41, 5.74) is -2.30. The number of carbonyl (C=O) groups is 2. The minimum Gasteiger partial charge on any atom is -0.290 e. The Morgan fingerprint density at radius 1 is 0.947 bits per heavy atom. The first kappa shape index (κ1) is 13.2. The first-order valence-corrected chi connectivity index (χ1v) is 6.91. The molecule has 0 radical (unpaired) electrons. The predicted molar refractivity (Wildman–Crippen MR) is 71.0 cm³/mol. The topological polar surface area (TPSA) is 81.7 Å². The summed E-state index contributed by atoms with van der Waals surface area (Å²) < 4.78 is 0. The molecule has 0 fully saturated rings. The SMILES string of the molecule is N#CC(C#N)(C(=O)c1cccs1)C(=O)c1cccs1. The number of rotatable bonds is 4. The summed E-state index contributed by atoms with van der Waals surface area (Å²) >= 11 is 2.21. The van der Waals surface area contributed by atoms with Gasteiger partial charge in [-0.15, -0.1) is 22.7 Å². The molecule has 92 valence electrons. The molecule has 0 aliphatic rings. The van der Waals surface area contributed by atoms with Crippen molar-refractivity contribution in [3.63, 3.8) is 0 Å². The Balaban J connectivity index is 2.51. The van der Waals surface area contributed by atoms with E-state index in [0.717, 1.165) is 22.7 Å². The highest BCUT2D eigenvalue weighted by atomic mass is 32.1. The van der Waals surface area contributed by atoms with E-state index in [4.69, 9.17) is 0 Å². The number of nitriles is 2. The van der Waals surface area contributed by atoms with Gasteiger partial charge in [0, 0.05) is 0 Å². The molecule has 0 spiro atoms. The van der Waals surface area contributed by atoms with Crippen molar-refractivity contribution in [3.8, 4) is 12.1 Å². The van der Waals surface area contributed by atoms with E-state index in [1.165, 1.54) is 12.1 Å². The summed E-state index contributed by atoms with van der Waals surface area (Å²) in [6.07, 6.45) is 0. The summed E-state index contributed by atoms with van der Waals surface area (Å²) in [6, 6.07) is 9.45. The first-order chi connectivity index (χ1) is 9.15. The van der Waals surface area contributed by atoms with Gasteiger partial charge in [0.25, 0.3) is 5.41 Å². The normalized spacial score (nSPS) is 10.4. The highest BCUT2D eigenvalue weighted by Gasteiger charge is 2.48. The van der Waals surface area contributed by atoms with Crippen LogP contribution < -0.4 is 0 Å². The molecule has 2 heterocycles. The fourth-order valence-corrected chi connectivity index (χ4v) is 2.96. The number of Topliss-reactive ketones (excluding diaryl/α,β-unsaturated/α-hetero) is 2. The Hall–Kier alpha value is -2.28. The maximum absolute atomic E-state index is 12.3. The summed E-state index contributed by atoms with van der Waals surface area (Å²) in [6.45, 7) is 0. The standard InChI is InChI=1S/C13H6N2O2S2/c14-7-13(8-15,11(16)9-3-1-5-18-9)12(17)10-4-2-6-19-10/h1-6H. The van der Waals surface area contributed by atoms with Gasteiger partial charge in [-0.2, -0.15) is 10.5 Å². The fraction of sp³-hybridized carbons (Fsp3) is 0.0769. The smallest absolute Gasteiger partial charge is 0.269 e. The van der Waals surface area contributed by atoms with Crippen LogP contribution in [0.1, 0.15) is 19.3 Å². The Labute approximate surface area is 117 Å². The first-order valence-electron chi connectivity index (χ1n) is 5.15. The van der Waals surface area contributed by atoms with Crippen LogP contribution in [0.15, 0.2) is 35.0 Å². The zero-order chi connectivity index (χ0) is 13.9. The van der Waals surface area contributed by atoms with E-state index in [0.29, 0.717) is 0 Å². The second kappa shape index (κ2) is 5.15. The van der Waals surface area contributed by atoms with Crippen molar-refractivity contribution in [1.82, 2.24) is 0 Å². The summed E-state index contributed by atoms with van der Waals surface area (Å²) in [5.74, 6) is -1.52. The molecule has 0 saturated heterocycles. The molecule has 0 aromatic carbocycles. The largest absolute Gasteiger partial charge is 0.290 e. The third-order valence-corrected chi connectivity index (χ3v) is 4.24. The zero-order valence-electron chi connectivity index (χ0n) is 9.49. The van der Waals surface area contributed by atoms with E-state index < -0.39 is 17.0 Å². The van der Waals surface area contributed by atoms with Crippen molar-refractivity contribution in [2.45, 2.75) is 0 Å². The van der Waals surface area contributed by atoms with Gasteiger partial charge in [-0.25, -0.2) is 0 Å². The molecule has 0 N–H and O–H groups in total. The Morgan fingerprint density at radius 2 is 1.37 bits per heavy atom. The maximum Gasteiger partial charge on any atom is 0.269 e. The number of ketones is 2. The van der Waals surface area contributed by atoms with Gasteiger partial charge in [-0.3, -0.25) is 9.59 Å². The van der Waals surface area contributed by atoms with Crippen molar-refractivity contribution in [1.29, 1.82) is 10.5 Å². The molecule has 4 nitrogen and oxygen atoms in total. The summed E-state index contributed by atoms with van der Waals surface area (Å²) in [5, 5.41) is 21.7. The lowest BCUT2D eigenvalue weighted by molar-refractivity contribution is 0.0795. The molecule has 0 saturated carbocycles. The van der Waals surface area contributed by atoms with E-state index in [9.17, 15) is 20.1 Å². The van der Waals surface area contributed by atoms with Crippen LogP contribution in [0, 0.1) is 28.1 Å². The molecule has 0 atom stereocenters. The third-order valence-electron chi connectivity index (χ3n) is 2.51. The van der Waals surface area contributed by atoms with Crippen LogP contribution in [0.4, 0.5) is 0 Å². The highest BCUT2D eigenvalue weighted by Crippen LogP contribution is 2.30. The second-order valence-corrected chi connectivity index (χ2v) is 5.48. The fourth-order valence-electron chi connectivity index (χ4n) is 1.52. The molecule has 2 rings (SSSR count). The van der Waals surface area contributed by atoms with Crippen LogP contribution in [0.25, 0.3) is 0 Å². The molecule has 0 unspecified atom stereocenters.